The molecule has 0 aliphatic heterocycles. The van der Waals surface area contributed by atoms with E-state index in [-0.39, 0.29) is 5.41 Å². The van der Waals surface area contributed by atoms with Gasteiger partial charge in [0.1, 0.15) is 22.3 Å². The number of nitrogens with zero attached hydrogens (tertiary/aromatic N) is 3. The second kappa shape index (κ2) is 12.3. The lowest BCUT2D eigenvalue weighted by atomic mass is 9.81. The van der Waals surface area contributed by atoms with Crippen molar-refractivity contribution < 1.29 is 8.83 Å². The van der Waals surface area contributed by atoms with E-state index in [0.717, 1.165) is 71.5 Å². The normalized spacial score (nSPS) is 13.3. The maximum Gasteiger partial charge on any atom is 0.164 e. The molecule has 13 rings (SSSR count). The first kappa shape index (κ1) is 33.6. The maximum absolute atomic E-state index is 6.59. The highest BCUT2D eigenvalue weighted by molar-refractivity contribution is 7.25. The van der Waals surface area contributed by atoms with Gasteiger partial charge in [-0.3, -0.25) is 0 Å². The van der Waals surface area contributed by atoms with Crippen LogP contribution in [0.15, 0.2) is 173 Å². The molecule has 1 aliphatic rings. The van der Waals surface area contributed by atoms with E-state index in [1.165, 1.54) is 42.6 Å². The predicted octanol–water partition coefficient (Wildman–Crippen LogP) is 15.0. The molecular formula is C54H33N3O2S. The van der Waals surface area contributed by atoms with Gasteiger partial charge in [-0.1, -0.05) is 129 Å². The molecule has 1 aliphatic carbocycles. The molecule has 0 saturated heterocycles. The van der Waals surface area contributed by atoms with Crippen LogP contribution in [0.2, 0.25) is 0 Å². The molecule has 0 saturated carbocycles. The number of benzene rings is 8. The van der Waals surface area contributed by atoms with Crippen molar-refractivity contribution in [1.82, 2.24) is 15.0 Å². The SMILES string of the molecule is CC1(C)c2ccccc2-c2ccc(-c3ccc4oc5cccc(-c6nc(-c7cccc8oc9ccccc9c78)nc(-c7cccc8sc9ccccc9c78)n6)c5c4c3)cc21. The second-order valence-electron chi connectivity index (χ2n) is 16.3. The quantitative estimate of drug-likeness (QED) is 0.178. The molecule has 0 fully saturated rings. The van der Waals surface area contributed by atoms with Crippen molar-refractivity contribution in [3.63, 3.8) is 0 Å². The Balaban J connectivity index is 1.05. The summed E-state index contributed by atoms with van der Waals surface area (Å²) in [7, 11) is 0. The van der Waals surface area contributed by atoms with E-state index in [1.54, 1.807) is 11.3 Å². The third-order valence-corrected chi connectivity index (χ3v) is 13.7. The third kappa shape index (κ3) is 4.76. The largest absolute Gasteiger partial charge is 0.456 e. The molecule has 4 aromatic heterocycles. The highest BCUT2D eigenvalue weighted by Gasteiger charge is 2.35. The average Bonchev–Trinajstić information content (AvgIpc) is 4.04. The van der Waals surface area contributed by atoms with Crippen LogP contribution in [0.4, 0.5) is 0 Å². The lowest BCUT2D eigenvalue weighted by Gasteiger charge is -2.22. The van der Waals surface area contributed by atoms with Crippen LogP contribution >= 0.6 is 11.3 Å². The molecule has 12 aromatic rings. The zero-order valence-corrected chi connectivity index (χ0v) is 33.5. The molecular weight excluding hydrogens is 755 g/mol. The van der Waals surface area contributed by atoms with Gasteiger partial charge in [0, 0.05) is 63.8 Å². The summed E-state index contributed by atoms with van der Waals surface area (Å²) in [6, 6.07) is 57.6. The number of hydrogen-bond donors (Lipinski definition) is 0. The molecule has 0 bridgehead atoms. The Bertz CT molecular complexity index is 3640. The monoisotopic (exact) mass is 787 g/mol. The molecule has 0 spiro atoms. The minimum absolute atomic E-state index is 0.0949. The first-order chi connectivity index (χ1) is 29.5. The van der Waals surface area contributed by atoms with Gasteiger partial charge in [-0.25, -0.2) is 15.0 Å². The Morgan fingerprint density at radius 3 is 1.67 bits per heavy atom. The predicted molar refractivity (Wildman–Crippen MR) is 247 cm³/mol. The van der Waals surface area contributed by atoms with Crippen molar-refractivity contribution in [2.45, 2.75) is 19.3 Å². The number of aromatic nitrogens is 3. The summed E-state index contributed by atoms with van der Waals surface area (Å²) in [5.41, 5.74) is 13.5. The fraction of sp³-hybridized carbons (Fsp3) is 0.0556. The van der Waals surface area contributed by atoms with Gasteiger partial charge in [-0.15, -0.1) is 11.3 Å². The van der Waals surface area contributed by atoms with Crippen LogP contribution in [0.3, 0.4) is 0 Å². The minimum atomic E-state index is -0.0949. The topological polar surface area (TPSA) is 65.0 Å². The first-order valence-corrected chi connectivity index (χ1v) is 21.1. The van der Waals surface area contributed by atoms with Crippen LogP contribution in [0.5, 0.6) is 0 Å². The molecule has 0 amide bonds. The number of para-hydroxylation sites is 1. The zero-order chi connectivity index (χ0) is 39.7. The van der Waals surface area contributed by atoms with Crippen molar-refractivity contribution >= 4 is 75.4 Å². The summed E-state index contributed by atoms with van der Waals surface area (Å²) in [5, 5.41) is 6.31. The van der Waals surface area contributed by atoms with Crippen LogP contribution in [0.1, 0.15) is 25.0 Å². The molecule has 4 heterocycles. The van der Waals surface area contributed by atoms with Crippen LogP contribution in [-0.4, -0.2) is 15.0 Å². The molecule has 282 valence electrons. The smallest absolute Gasteiger partial charge is 0.164 e. The van der Waals surface area contributed by atoms with Crippen LogP contribution in [0.25, 0.3) is 120 Å². The van der Waals surface area contributed by atoms with E-state index < -0.39 is 0 Å². The van der Waals surface area contributed by atoms with Gasteiger partial charge in [-0.05, 0) is 81.9 Å². The van der Waals surface area contributed by atoms with E-state index in [0.29, 0.717) is 17.5 Å². The summed E-state index contributed by atoms with van der Waals surface area (Å²) in [6.07, 6.45) is 0. The average molecular weight is 788 g/mol. The van der Waals surface area contributed by atoms with Gasteiger partial charge in [0.25, 0.3) is 0 Å². The molecule has 0 radical (unpaired) electrons. The van der Waals surface area contributed by atoms with E-state index in [2.05, 4.69) is 135 Å². The minimum Gasteiger partial charge on any atom is -0.456 e. The Labute approximate surface area is 348 Å². The fourth-order valence-electron chi connectivity index (χ4n) is 9.74. The highest BCUT2D eigenvalue weighted by Crippen LogP contribution is 2.50. The molecule has 0 N–H and O–H groups in total. The van der Waals surface area contributed by atoms with Gasteiger partial charge in [0.05, 0.1) is 0 Å². The number of hydrogen-bond acceptors (Lipinski definition) is 6. The lowest BCUT2D eigenvalue weighted by molar-refractivity contribution is 0.660. The van der Waals surface area contributed by atoms with Crippen molar-refractivity contribution in [2.75, 3.05) is 0 Å². The number of fused-ring (bicyclic) bond motifs is 12. The number of rotatable bonds is 4. The van der Waals surface area contributed by atoms with Gasteiger partial charge in [0.15, 0.2) is 17.5 Å². The number of furan rings is 2. The molecule has 0 unspecified atom stereocenters. The maximum atomic E-state index is 6.59. The van der Waals surface area contributed by atoms with Crippen LogP contribution in [-0.2, 0) is 5.41 Å². The Hall–Kier alpha value is -7.41. The van der Waals surface area contributed by atoms with Gasteiger partial charge < -0.3 is 8.83 Å². The number of thiophene rings is 1. The van der Waals surface area contributed by atoms with E-state index in [1.807, 2.05) is 42.5 Å². The summed E-state index contributed by atoms with van der Waals surface area (Å²) < 4.78 is 15.4. The van der Waals surface area contributed by atoms with Gasteiger partial charge in [0.2, 0.25) is 0 Å². The Morgan fingerprint density at radius 1 is 0.383 bits per heavy atom. The third-order valence-electron chi connectivity index (χ3n) is 12.6. The van der Waals surface area contributed by atoms with Crippen LogP contribution < -0.4 is 0 Å². The van der Waals surface area contributed by atoms with E-state index >= 15 is 0 Å². The van der Waals surface area contributed by atoms with Crippen molar-refractivity contribution in [1.29, 1.82) is 0 Å². The summed E-state index contributed by atoms with van der Waals surface area (Å²) in [5.74, 6) is 1.77. The van der Waals surface area contributed by atoms with Crippen molar-refractivity contribution in [3.8, 4) is 56.4 Å². The molecule has 8 aromatic carbocycles. The highest BCUT2D eigenvalue weighted by atomic mass is 32.1. The summed E-state index contributed by atoms with van der Waals surface area (Å²) in [4.78, 5) is 16.1. The molecule has 5 nitrogen and oxygen atoms in total. The standard InChI is InChI=1S/C54H33N3O2S/c1-54(2)40-18-6-3-12-32(40)33-26-24-31(29-41(33)54)30-25-27-43-39(28-30)49-37(16-10-21-45(49)59-43)52-55-51(36-15-9-20-44-48(36)34-13-4-7-19-42(34)58-44)56-53(57-52)38-17-11-23-47-50(38)35-14-5-8-22-46(35)60-47/h3-29H,1-2H3. The zero-order valence-electron chi connectivity index (χ0n) is 32.7. The Kier molecular flexibility index (Phi) is 6.88. The van der Waals surface area contributed by atoms with Crippen molar-refractivity contribution in [3.05, 3.63) is 175 Å². The van der Waals surface area contributed by atoms with Crippen LogP contribution in [0, 0.1) is 0 Å². The fourth-order valence-corrected chi connectivity index (χ4v) is 10.9. The van der Waals surface area contributed by atoms with Crippen molar-refractivity contribution in [2.24, 2.45) is 0 Å². The molecule has 0 atom stereocenters. The molecule has 6 heteroatoms. The Morgan fingerprint density at radius 2 is 0.900 bits per heavy atom. The molecule has 60 heavy (non-hydrogen) atoms. The summed E-state index contributed by atoms with van der Waals surface area (Å²) >= 11 is 1.79. The van der Waals surface area contributed by atoms with E-state index in [4.69, 9.17) is 23.8 Å². The second-order valence-corrected chi connectivity index (χ2v) is 17.4. The van der Waals surface area contributed by atoms with Gasteiger partial charge >= 0.3 is 0 Å². The first-order valence-electron chi connectivity index (χ1n) is 20.3. The lowest BCUT2D eigenvalue weighted by Crippen LogP contribution is -2.14. The summed E-state index contributed by atoms with van der Waals surface area (Å²) in [6.45, 7) is 4.66. The van der Waals surface area contributed by atoms with Gasteiger partial charge in [-0.2, -0.15) is 0 Å². The van der Waals surface area contributed by atoms with E-state index in [9.17, 15) is 0 Å².